The molecule has 0 aliphatic heterocycles. The Labute approximate surface area is 284 Å². The van der Waals surface area contributed by atoms with Crippen molar-refractivity contribution in [3.05, 3.63) is 188 Å². The van der Waals surface area contributed by atoms with Crippen molar-refractivity contribution in [1.29, 1.82) is 0 Å². The molecule has 0 bridgehead atoms. The van der Waals surface area contributed by atoms with Gasteiger partial charge in [-0.1, -0.05) is 133 Å². The van der Waals surface area contributed by atoms with E-state index in [0.717, 1.165) is 11.4 Å². The first-order valence-corrected chi connectivity index (χ1v) is 17.2. The van der Waals surface area contributed by atoms with Gasteiger partial charge in [0.25, 0.3) is 0 Å². The molecule has 1 heterocycles. The van der Waals surface area contributed by atoms with Crippen LogP contribution in [0.15, 0.2) is 188 Å². The number of hydrogen-bond acceptors (Lipinski definition) is 2. The van der Waals surface area contributed by atoms with E-state index < -0.39 is 0 Å². The van der Waals surface area contributed by atoms with Gasteiger partial charge >= 0.3 is 0 Å². The van der Waals surface area contributed by atoms with E-state index in [1.54, 1.807) is 0 Å². The molecular formula is C46H31NS. The van der Waals surface area contributed by atoms with Crippen LogP contribution in [0.5, 0.6) is 0 Å². The Bertz CT molecular complexity index is 2560. The van der Waals surface area contributed by atoms with Gasteiger partial charge in [0.2, 0.25) is 0 Å². The lowest BCUT2D eigenvalue weighted by Gasteiger charge is -2.27. The van der Waals surface area contributed by atoms with Crippen LogP contribution in [0, 0.1) is 0 Å². The van der Waals surface area contributed by atoms with Gasteiger partial charge in [-0.05, 0) is 98.8 Å². The van der Waals surface area contributed by atoms with Crippen molar-refractivity contribution in [2.24, 2.45) is 0 Å². The van der Waals surface area contributed by atoms with Crippen LogP contribution in [-0.4, -0.2) is 0 Å². The molecule has 0 radical (unpaired) electrons. The maximum Gasteiger partial charge on any atom is 0.0554 e. The van der Waals surface area contributed by atoms with Crippen LogP contribution in [0.1, 0.15) is 0 Å². The van der Waals surface area contributed by atoms with Crippen LogP contribution in [0.25, 0.3) is 64.3 Å². The van der Waals surface area contributed by atoms with Gasteiger partial charge < -0.3 is 4.90 Å². The van der Waals surface area contributed by atoms with E-state index in [1.165, 1.54) is 70.0 Å². The molecule has 0 fully saturated rings. The fraction of sp³-hybridized carbons (Fsp3) is 0. The van der Waals surface area contributed by atoms with Crippen LogP contribution in [0.3, 0.4) is 0 Å². The zero-order valence-electron chi connectivity index (χ0n) is 26.3. The van der Waals surface area contributed by atoms with E-state index in [9.17, 15) is 0 Å². The lowest BCUT2D eigenvalue weighted by Crippen LogP contribution is -2.10. The van der Waals surface area contributed by atoms with Gasteiger partial charge in [-0.25, -0.2) is 0 Å². The van der Waals surface area contributed by atoms with Gasteiger partial charge in [0.15, 0.2) is 0 Å². The molecule has 48 heavy (non-hydrogen) atoms. The molecule has 1 aromatic heterocycles. The Kier molecular flexibility index (Phi) is 7.07. The number of benzene rings is 8. The number of rotatable bonds is 6. The molecule has 2 heteroatoms. The summed E-state index contributed by atoms with van der Waals surface area (Å²) in [5, 5.41) is 5.10. The average Bonchev–Trinajstić information content (AvgIpc) is 3.55. The standard InChI is InChI=1S/C46H31NS/c1-2-11-32(12-3-1)38-17-9-18-41(31-38)47(43-20-10-22-45-46(43)42-19-6-7-21-44(42)48-45)40-27-25-34(26-28-40)36-15-8-16-37(29-36)39-24-23-33-13-4-5-14-35(33)30-39/h1-31H. The molecular weight excluding hydrogens is 599 g/mol. The first kappa shape index (κ1) is 28.3. The Morgan fingerprint density at radius 3 is 1.77 bits per heavy atom. The SMILES string of the molecule is c1ccc(-c2cccc(N(c3ccc(-c4cccc(-c5ccc6ccccc6c5)c4)cc3)c3cccc4sc5ccccc5c34)c2)cc1. The van der Waals surface area contributed by atoms with Crippen molar-refractivity contribution >= 4 is 59.3 Å². The second kappa shape index (κ2) is 12.0. The second-order valence-corrected chi connectivity index (χ2v) is 13.3. The van der Waals surface area contributed by atoms with Crippen LogP contribution in [0.2, 0.25) is 0 Å². The normalized spacial score (nSPS) is 11.3. The number of nitrogens with zero attached hydrogens (tertiary/aromatic N) is 1. The summed E-state index contributed by atoms with van der Waals surface area (Å²) in [5.74, 6) is 0. The molecule has 0 aliphatic rings. The zero-order valence-corrected chi connectivity index (χ0v) is 27.1. The summed E-state index contributed by atoms with van der Waals surface area (Å²) in [6.07, 6.45) is 0. The highest BCUT2D eigenvalue weighted by Gasteiger charge is 2.19. The monoisotopic (exact) mass is 629 g/mol. The molecule has 9 aromatic rings. The average molecular weight is 630 g/mol. The predicted octanol–water partition coefficient (Wildman–Crippen LogP) is 13.7. The molecule has 0 amide bonds. The minimum Gasteiger partial charge on any atom is -0.310 e. The van der Waals surface area contributed by atoms with Crippen molar-refractivity contribution in [3.8, 4) is 33.4 Å². The molecule has 1 nitrogen and oxygen atoms in total. The molecule has 226 valence electrons. The van der Waals surface area contributed by atoms with Crippen molar-refractivity contribution in [3.63, 3.8) is 0 Å². The topological polar surface area (TPSA) is 3.24 Å². The van der Waals surface area contributed by atoms with Crippen molar-refractivity contribution in [1.82, 2.24) is 0 Å². The van der Waals surface area contributed by atoms with Crippen molar-refractivity contribution < 1.29 is 0 Å². The second-order valence-electron chi connectivity index (χ2n) is 12.2. The third-order valence-electron chi connectivity index (χ3n) is 9.24. The highest BCUT2D eigenvalue weighted by atomic mass is 32.1. The molecule has 0 spiro atoms. The first-order valence-electron chi connectivity index (χ1n) is 16.3. The summed E-state index contributed by atoms with van der Waals surface area (Å²) < 4.78 is 2.60. The third-order valence-corrected chi connectivity index (χ3v) is 10.4. The van der Waals surface area contributed by atoms with Crippen molar-refractivity contribution in [2.45, 2.75) is 0 Å². The highest BCUT2D eigenvalue weighted by Crippen LogP contribution is 2.45. The van der Waals surface area contributed by atoms with Gasteiger partial charge in [-0.2, -0.15) is 0 Å². The quantitative estimate of drug-likeness (QED) is 0.177. The summed E-state index contributed by atoms with van der Waals surface area (Å²) in [6, 6.07) is 68.2. The van der Waals surface area contributed by atoms with E-state index >= 15 is 0 Å². The Morgan fingerprint density at radius 2 is 0.917 bits per heavy atom. The molecule has 0 saturated heterocycles. The van der Waals surface area contributed by atoms with Crippen LogP contribution < -0.4 is 4.90 Å². The first-order chi connectivity index (χ1) is 23.8. The predicted molar refractivity (Wildman–Crippen MR) is 208 cm³/mol. The number of hydrogen-bond donors (Lipinski definition) is 0. The van der Waals surface area contributed by atoms with E-state index in [4.69, 9.17) is 0 Å². The molecule has 0 unspecified atom stereocenters. The minimum atomic E-state index is 1.12. The number of fused-ring (bicyclic) bond motifs is 4. The smallest absolute Gasteiger partial charge is 0.0554 e. The molecule has 9 rings (SSSR count). The van der Waals surface area contributed by atoms with Crippen LogP contribution in [-0.2, 0) is 0 Å². The molecule has 0 aliphatic carbocycles. The summed E-state index contributed by atoms with van der Waals surface area (Å²) in [6.45, 7) is 0. The molecule has 0 N–H and O–H groups in total. The van der Waals surface area contributed by atoms with Gasteiger partial charge in [-0.3, -0.25) is 0 Å². The lowest BCUT2D eigenvalue weighted by atomic mass is 9.97. The highest BCUT2D eigenvalue weighted by molar-refractivity contribution is 7.26. The summed E-state index contributed by atoms with van der Waals surface area (Å²) >= 11 is 1.86. The van der Waals surface area contributed by atoms with Crippen LogP contribution in [0.4, 0.5) is 17.1 Å². The van der Waals surface area contributed by atoms with E-state index in [-0.39, 0.29) is 0 Å². The number of anilines is 3. The Hall–Kier alpha value is -5.96. The van der Waals surface area contributed by atoms with Crippen molar-refractivity contribution in [2.75, 3.05) is 4.90 Å². The number of thiophene rings is 1. The molecule has 0 atom stereocenters. The summed E-state index contributed by atoms with van der Waals surface area (Å²) in [7, 11) is 0. The largest absolute Gasteiger partial charge is 0.310 e. The van der Waals surface area contributed by atoms with Gasteiger partial charge in [-0.15, -0.1) is 11.3 Å². The van der Waals surface area contributed by atoms with Crippen LogP contribution >= 0.6 is 11.3 Å². The Morgan fingerprint density at radius 1 is 0.333 bits per heavy atom. The fourth-order valence-electron chi connectivity index (χ4n) is 6.87. The van der Waals surface area contributed by atoms with E-state index in [1.807, 2.05) is 11.3 Å². The lowest BCUT2D eigenvalue weighted by molar-refractivity contribution is 1.30. The molecule has 8 aromatic carbocycles. The van der Waals surface area contributed by atoms with E-state index in [2.05, 4.69) is 193 Å². The zero-order chi connectivity index (χ0) is 31.9. The Balaban J connectivity index is 1.16. The maximum absolute atomic E-state index is 2.42. The summed E-state index contributed by atoms with van der Waals surface area (Å²) in [5.41, 5.74) is 10.7. The maximum atomic E-state index is 2.42. The molecule has 0 saturated carbocycles. The minimum absolute atomic E-state index is 1.12. The third kappa shape index (κ3) is 5.13. The van der Waals surface area contributed by atoms with Gasteiger partial charge in [0.05, 0.1) is 5.69 Å². The fourth-order valence-corrected chi connectivity index (χ4v) is 8.00. The van der Waals surface area contributed by atoms with Gasteiger partial charge in [0.1, 0.15) is 0 Å². The van der Waals surface area contributed by atoms with E-state index in [0.29, 0.717) is 0 Å². The summed E-state index contributed by atoms with van der Waals surface area (Å²) in [4.78, 5) is 2.42. The van der Waals surface area contributed by atoms with Gasteiger partial charge in [0, 0.05) is 31.5 Å².